The molecule has 5 nitrogen and oxygen atoms in total. The number of rotatable bonds is 2. The van der Waals surface area contributed by atoms with Crippen LogP contribution in [0.4, 0.5) is 0 Å². The summed E-state index contributed by atoms with van der Waals surface area (Å²) in [5, 5.41) is 8.08. The van der Waals surface area contributed by atoms with Crippen LogP contribution in [0.2, 0.25) is 10.0 Å². The van der Waals surface area contributed by atoms with Gasteiger partial charge in [0, 0.05) is 6.20 Å². The number of pyridine rings is 1. The topological polar surface area (TPSA) is 63.8 Å². The van der Waals surface area contributed by atoms with Gasteiger partial charge >= 0.3 is 0 Å². The van der Waals surface area contributed by atoms with Crippen molar-refractivity contribution >= 4 is 23.2 Å². The molecule has 3 rings (SSSR count). The van der Waals surface area contributed by atoms with E-state index >= 15 is 0 Å². The Hall–Kier alpha value is -1.17. The van der Waals surface area contributed by atoms with Gasteiger partial charge in [-0.3, -0.25) is 0 Å². The first-order valence-electron chi connectivity index (χ1n) is 5.62. The minimum Gasteiger partial charge on any atom is -0.337 e. The molecule has 1 aliphatic heterocycles. The van der Waals surface area contributed by atoms with Gasteiger partial charge in [0.2, 0.25) is 11.7 Å². The van der Waals surface area contributed by atoms with Crippen LogP contribution in [0.3, 0.4) is 0 Å². The molecule has 18 heavy (non-hydrogen) atoms. The molecule has 7 heteroatoms. The maximum atomic E-state index is 6.05. The molecule has 0 spiro atoms. The molecule has 1 unspecified atom stereocenters. The number of nitrogens with one attached hydrogen (secondary N) is 1. The van der Waals surface area contributed by atoms with Gasteiger partial charge < -0.3 is 9.84 Å². The number of aromatic nitrogens is 3. The molecular formula is C11H10Cl2N4O. The van der Waals surface area contributed by atoms with Crippen LogP contribution in [0, 0.1) is 0 Å². The molecule has 0 aliphatic carbocycles. The average molecular weight is 285 g/mol. The highest BCUT2D eigenvalue weighted by molar-refractivity contribution is 6.35. The Morgan fingerprint density at radius 3 is 3.00 bits per heavy atom. The Labute approximate surface area is 114 Å². The van der Waals surface area contributed by atoms with Crippen molar-refractivity contribution in [3.8, 4) is 11.5 Å². The molecule has 0 saturated carbocycles. The number of hydrogen-bond donors (Lipinski definition) is 1. The summed E-state index contributed by atoms with van der Waals surface area (Å²) in [4.78, 5) is 8.44. The lowest BCUT2D eigenvalue weighted by Gasteiger charge is -2.01. The molecule has 2 aromatic heterocycles. The van der Waals surface area contributed by atoms with E-state index in [0.29, 0.717) is 27.5 Å². The second kappa shape index (κ2) is 4.84. The summed E-state index contributed by atoms with van der Waals surface area (Å²) in [6, 6.07) is 1.74. The Morgan fingerprint density at radius 1 is 1.39 bits per heavy atom. The number of halogens is 2. The van der Waals surface area contributed by atoms with Crippen LogP contribution in [0.15, 0.2) is 16.8 Å². The Bertz CT molecular complexity index is 566. The summed E-state index contributed by atoms with van der Waals surface area (Å²) in [6.07, 6.45) is 3.62. The Balaban J connectivity index is 1.92. The lowest BCUT2D eigenvalue weighted by molar-refractivity contribution is 0.345. The first-order chi connectivity index (χ1) is 8.74. The predicted octanol–water partition coefficient (Wildman–Crippen LogP) is 2.86. The van der Waals surface area contributed by atoms with Crippen LogP contribution in [-0.4, -0.2) is 21.7 Å². The molecule has 1 fully saturated rings. The lowest BCUT2D eigenvalue weighted by atomic mass is 10.2. The molecule has 1 saturated heterocycles. The van der Waals surface area contributed by atoms with Gasteiger partial charge in [0.15, 0.2) is 0 Å². The van der Waals surface area contributed by atoms with Gasteiger partial charge in [0.25, 0.3) is 0 Å². The van der Waals surface area contributed by atoms with E-state index in [1.807, 2.05) is 0 Å². The third-order valence-electron chi connectivity index (χ3n) is 2.82. The third-order valence-corrected chi connectivity index (χ3v) is 3.31. The van der Waals surface area contributed by atoms with Crippen molar-refractivity contribution in [3.05, 3.63) is 28.2 Å². The highest BCUT2D eigenvalue weighted by Gasteiger charge is 2.23. The van der Waals surface area contributed by atoms with Crippen LogP contribution >= 0.6 is 23.2 Å². The van der Waals surface area contributed by atoms with Crippen LogP contribution in [0.25, 0.3) is 11.5 Å². The molecule has 0 aromatic carbocycles. The van der Waals surface area contributed by atoms with Crippen molar-refractivity contribution in [1.29, 1.82) is 0 Å². The normalized spacial score (nSPS) is 19.3. The maximum absolute atomic E-state index is 6.05. The SMILES string of the molecule is Clc1cnc(-c2noc(C3CCCN3)n2)c(Cl)c1. The smallest absolute Gasteiger partial charge is 0.244 e. The van der Waals surface area contributed by atoms with E-state index in [2.05, 4.69) is 20.4 Å². The van der Waals surface area contributed by atoms with Crippen molar-refractivity contribution in [2.45, 2.75) is 18.9 Å². The molecular weight excluding hydrogens is 275 g/mol. The maximum Gasteiger partial charge on any atom is 0.244 e. The van der Waals surface area contributed by atoms with Gasteiger partial charge in [0.1, 0.15) is 5.69 Å². The third kappa shape index (κ3) is 2.21. The predicted molar refractivity (Wildman–Crippen MR) is 67.5 cm³/mol. The molecule has 1 atom stereocenters. The van der Waals surface area contributed by atoms with Gasteiger partial charge in [-0.05, 0) is 25.5 Å². The fraction of sp³-hybridized carbons (Fsp3) is 0.364. The fourth-order valence-electron chi connectivity index (χ4n) is 1.95. The second-order valence-electron chi connectivity index (χ2n) is 4.09. The number of hydrogen-bond acceptors (Lipinski definition) is 5. The summed E-state index contributed by atoms with van der Waals surface area (Å²) in [7, 11) is 0. The zero-order valence-corrected chi connectivity index (χ0v) is 10.9. The van der Waals surface area contributed by atoms with Gasteiger partial charge in [-0.15, -0.1) is 0 Å². The monoisotopic (exact) mass is 284 g/mol. The average Bonchev–Trinajstić information content (AvgIpc) is 2.99. The second-order valence-corrected chi connectivity index (χ2v) is 4.93. The van der Waals surface area contributed by atoms with Crippen molar-refractivity contribution in [2.75, 3.05) is 6.54 Å². The largest absolute Gasteiger partial charge is 0.337 e. The molecule has 1 N–H and O–H groups in total. The zero-order valence-electron chi connectivity index (χ0n) is 9.36. The molecule has 0 bridgehead atoms. The van der Waals surface area contributed by atoms with Gasteiger partial charge in [-0.2, -0.15) is 4.98 Å². The molecule has 2 aromatic rings. The summed E-state index contributed by atoms with van der Waals surface area (Å²) in [6.45, 7) is 0.975. The van der Waals surface area contributed by atoms with Crippen molar-refractivity contribution in [3.63, 3.8) is 0 Å². The van der Waals surface area contributed by atoms with Crippen LogP contribution in [0.1, 0.15) is 24.8 Å². The Kier molecular flexibility index (Phi) is 3.20. The fourth-order valence-corrected chi connectivity index (χ4v) is 2.41. The molecule has 0 radical (unpaired) electrons. The summed E-state index contributed by atoms with van der Waals surface area (Å²) >= 11 is 11.8. The molecule has 3 heterocycles. The summed E-state index contributed by atoms with van der Waals surface area (Å²) in [5.41, 5.74) is 0.481. The molecule has 94 valence electrons. The standard InChI is InChI=1S/C11H10Cl2N4O/c12-6-4-7(13)9(15-5-6)10-16-11(18-17-10)8-2-1-3-14-8/h4-5,8,14H,1-3H2. The van der Waals surface area contributed by atoms with E-state index in [9.17, 15) is 0 Å². The minimum atomic E-state index is 0.136. The lowest BCUT2D eigenvalue weighted by Crippen LogP contribution is -2.12. The summed E-state index contributed by atoms with van der Waals surface area (Å²) < 4.78 is 5.23. The van der Waals surface area contributed by atoms with Crippen LogP contribution in [0.5, 0.6) is 0 Å². The van der Waals surface area contributed by atoms with E-state index in [4.69, 9.17) is 27.7 Å². The van der Waals surface area contributed by atoms with Crippen molar-refractivity contribution < 1.29 is 4.52 Å². The zero-order chi connectivity index (χ0) is 12.5. The first kappa shape index (κ1) is 11.9. The van der Waals surface area contributed by atoms with E-state index in [1.54, 1.807) is 6.07 Å². The van der Waals surface area contributed by atoms with Crippen molar-refractivity contribution in [2.24, 2.45) is 0 Å². The minimum absolute atomic E-state index is 0.136. The van der Waals surface area contributed by atoms with E-state index in [1.165, 1.54) is 6.20 Å². The van der Waals surface area contributed by atoms with E-state index in [0.717, 1.165) is 19.4 Å². The quantitative estimate of drug-likeness (QED) is 0.919. The van der Waals surface area contributed by atoms with Crippen LogP contribution in [-0.2, 0) is 0 Å². The first-order valence-corrected chi connectivity index (χ1v) is 6.38. The summed E-state index contributed by atoms with van der Waals surface area (Å²) in [5.74, 6) is 0.968. The highest BCUT2D eigenvalue weighted by Crippen LogP contribution is 2.28. The van der Waals surface area contributed by atoms with Gasteiger partial charge in [0.05, 0.1) is 16.1 Å². The molecule has 0 amide bonds. The van der Waals surface area contributed by atoms with Gasteiger partial charge in [-0.1, -0.05) is 28.4 Å². The van der Waals surface area contributed by atoms with E-state index < -0.39 is 0 Å². The number of nitrogens with zero attached hydrogens (tertiary/aromatic N) is 3. The van der Waals surface area contributed by atoms with E-state index in [-0.39, 0.29) is 6.04 Å². The van der Waals surface area contributed by atoms with Gasteiger partial charge in [-0.25, -0.2) is 4.98 Å². The van der Waals surface area contributed by atoms with Crippen molar-refractivity contribution in [1.82, 2.24) is 20.4 Å². The van der Waals surface area contributed by atoms with Crippen LogP contribution < -0.4 is 5.32 Å². The Morgan fingerprint density at radius 2 is 2.28 bits per heavy atom. The molecule has 1 aliphatic rings. The highest BCUT2D eigenvalue weighted by atomic mass is 35.5.